The highest BCUT2D eigenvalue weighted by atomic mass is 35.5. The molecule has 0 atom stereocenters. The van der Waals surface area contributed by atoms with E-state index in [1.54, 1.807) is 40.1 Å². The third-order valence-corrected chi connectivity index (χ3v) is 6.89. The van der Waals surface area contributed by atoms with Crippen LogP contribution in [0.2, 0.25) is 10.0 Å². The van der Waals surface area contributed by atoms with Gasteiger partial charge in [-0.3, -0.25) is 9.59 Å². The maximum atomic E-state index is 13.7. The smallest absolute Gasteiger partial charge is 0.263 e. The lowest BCUT2D eigenvalue weighted by Crippen LogP contribution is -2.41. The van der Waals surface area contributed by atoms with E-state index in [2.05, 4.69) is 15.5 Å². The van der Waals surface area contributed by atoms with Crippen molar-refractivity contribution in [2.75, 3.05) is 11.9 Å². The first kappa shape index (κ1) is 24.9. The Hall–Kier alpha value is -3.75. The first-order valence-electron chi connectivity index (χ1n) is 11.8. The molecular weight excluding hydrogens is 511 g/mol. The second-order valence-corrected chi connectivity index (χ2v) is 9.90. The summed E-state index contributed by atoms with van der Waals surface area (Å²) in [6.45, 7) is 4.59. The van der Waals surface area contributed by atoms with Gasteiger partial charge in [0.15, 0.2) is 0 Å². The number of nitrogens with zero attached hydrogens (tertiary/aromatic N) is 5. The molecule has 1 aliphatic rings. The van der Waals surface area contributed by atoms with Crippen molar-refractivity contribution in [1.82, 2.24) is 24.6 Å². The summed E-state index contributed by atoms with van der Waals surface area (Å²) in [5, 5.41) is 11.8. The topological polar surface area (TPSA) is 93.0 Å². The van der Waals surface area contributed by atoms with Crippen molar-refractivity contribution >= 4 is 35.1 Å². The van der Waals surface area contributed by atoms with Gasteiger partial charge in [0.2, 0.25) is 5.95 Å². The standard InChI is InChI=1S/C27H24Cl2N6O2/c1-16(2)32-27-33-24-15-34(25(36)18-5-8-22(28)23(29)13-18)12-10-21(24)26(37)35(27)20-6-3-17(4-7-20)19-9-11-30-31-14-19/h3-9,11,13-14,16H,10,12,15H2,1-2H3,(H,32,33). The summed E-state index contributed by atoms with van der Waals surface area (Å²) < 4.78 is 1.60. The lowest BCUT2D eigenvalue weighted by molar-refractivity contribution is 0.0731. The molecule has 1 amide bonds. The molecule has 0 saturated carbocycles. The molecule has 0 aliphatic carbocycles. The van der Waals surface area contributed by atoms with E-state index in [-0.39, 0.29) is 24.1 Å². The number of fused-ring (bicyclic) bond motifs is 1. The third kappa shape index (κ3) is 5.08. The van der Waals surface area contributed by atoms with E-state index in [4.69, 9.17) is 28.2 Å². The summed E-state index contributed by atoms with van der Waals surface area (Å²) in [5.41, 5.74) is 4.09. The number of benzene rings is 2. The molecule has 2 aromatic heterocycles. The molecular formula is C27H24Cl2N6O2. The van der Waals surface area contributed by atoms with Crippen LogP contribution in [0.3, 0.4) is 0 Å². The van der Waals surface area contributed by atoms with Gasteiger partial charge in [-0.15, -0.1) is 0 Å². The molecule has 37 heavy (non-hydrogen) atoms. The molecule has 10 heteroatoms. The number of hydrogen-bond acceptors (Lipinski definition) is 6. The number of aromatic nitrogens is 4. The second kappa shape index (κ2) is 10.3. The highest BCUT2D eigenvalue weighted by Crippen LogP contribution is 2.26. The number of nitrogens with one attached hydrogen (secondary N) is 1. The van der Waals surface area contributed by atoms with Crippen LogP contribution in [0.4, 0.5) is 5.95 Å². The molecule has 4 aromatic rings. The molecule has 0 radical (unpaired) electrons. The normalized spacial score (nSPS) is 12.9. The molecule has 0 spiro atoms. The fourth-order valence-electron chi connectivity index (χ4n) is 4.33. The van der Waals surface area contributed by atoms with E-state index >= 15 is 0 Å². The van der Waals surface area contributed by atoms with Crippen LogP contribution in [0.15, 0.2) is 65.7 Å². The van der Waals surface area contributed by atoms with Crippen LogP contribution < -0.4 is 10.9 Å². The Morgan fingerprint density at radius 3 is 2.46 bits per heavy atom. The van der Waals surface area contributed by atoms with Gasteiger partial charge in [-0.1, -0.05) is 35.3 Å². The summed E-state index contributed by atoms with van der Waals surface area (Å²) in [4.78, 5) is 33.4. The van der Waals surface area contributed by atoms with E-state index < -0.39 is 0 Å². The lowest BCUT2D eigenvalue weighted by Gasteiger charge is -2.29. The maximum absolute atomic E-state index is 13.7. The fourth-order valence-corrected chi connectivity index (χ4v) is 4.63. The van der Waals surface area contributed by atoms with E-state index in [0.29, 0.717) is 51.5 Å². The van der Waals surface area contributed by atoms with E-state index in [0.717, 1.165) is 11.1 Å². The minimum Gasteiger partial charge on any atom is -0.353 e. The number of hydrogen-bond donors (Lipinski definition) is 1. The van der Waals surface area contributed by atoms with Gasteiger partial charge < -0.3 is 10.2 Å². The number of anilines is 1. The van der Waals surface area contributed by atoms with Gasteiger partial charge >= 0.3 is 0 Å². The van der Waals surface area contributed by atoms with Crippen LogP contribution in [0.25, 0.3) is 16.8 Å². The summed E-state index contributed by atoms with van der Waals surface area (Å²) in [6.07, 6.45) is 3.73. The largest absolute Gasteiger partial charge is 0.353 e. The van der Waals surface area contributed by atoms with Crippen molar-refractivity contribution in [1.29, 1.82) is 0 Å². The Morgan fingerprint density at radius 1 is 1.00 bits per heavy atom. The number of halogens is 2. The van der Waals surface area contributed by atoms with Gasteiger partial charge in [-0.25, -0.2) is 9.55 Å². The Labute approximate surface area is 223 Å². The predicted molar refractivity (Wildman–Crippen MR) is 145 cm³/mol. The van der Waals surface area contributed by atoms with Gasteiger partial charge in [0, 0.05) is 29.3 Å². The van der Waals surface area contributed by atoms with Gasteiger partial charge in [0.1, 0.15) is 0 Å². The summed E-state index contributed by atoms with van der Waals surface area (Å²) >= 11 is 12.1. The monoisotopic (exact) mass is 534 g/mol. The molecule has 188 valence electrons. The van der Waals surface area contributed by atoms with Crippen LogP contribution >= 0.6 is 23.2 Å². The molecule has 0 saturated heterocycles. The molecule has 0 bridgehead atoms. The van der Waals surface area contributed by atoms with Gasteiger partial charge in [-0.2, -0.15) is 10.2 Å². The summed E-state index contributed by atoms with van der Waals surface area (Å²) in [5.74, 6) is 0.246. The first-order valence-corrected chi connectivity index (χ1v) is 12.6. The summed E-state index contributed by atoms with van der Waals surface area (Å²) in [7, 11) is 0. The molecule has 1 N–H and O–H groups in total. The van der Waals surface area contributed by atoms with Crippen molar-refractivity contribution in [3.8, 4) is 16.8 Å². The average molecular weight is 535 g/mol. The number of carbonyl (C=O) groups is 1. The zero-order valence-corrected chi connectivity index (χ0v) is 21.8. The molecule has 2 aromatic carbocycles. The van der Waals surface area contributed by atoms with Crippen molar-refractivity contribution < 1.29 is 4.79 Å². The van der Waals surface area contributed by atoms with Crippen molar-refractivity contribution in [3.63, 3.8) is 0 Å². The molecule has 0 fully saturated rings. The number of amides is 1. The predicted octanol–water partition coefficient (Wildman–Crippen LogP) is 5.02. The molecule has 5 rings (SSSR count). The first-order chi connectivity index (χ1) is 17.8. The minimum absolute atomic E-state index is 0.0379. The quantitative estimate of drug-likeness (QED) is 0.386. The average Bonchev–Trinajstić information content (AvgIpc) is 2.90. The maximum Gasteiger partial charge on any atom is 0.263 e. The third-order valence-electron chi connectivity index (χ3n) is 6.15. The van der Waals surface area contributed by atoms with Crippen molar-refractivity contribution in [2.24, 2.45) is 0 Å². The molecule has 8 nitrogen and oxygen atoms in total. The number of rotatable bonds is 5. The van der Waals surface area contributed by atoms with E-state index in [1.807, 2.05) is 44.2 Å². The highest BCUT2D eigenvalue weighted by Gasteiger charge is 2.27. The van der Waals surface area contributed by atoms with Crippen molar-refractivity contribution in [2.45, 2.75) is 32.9 Å². The van der Waals surface area contributed by atoms with Gasteiger partial charge in [-0.05, 0) is 62.2 Å². The number of carbonyl (C=O) groups excluding carboxylic acids is 1. The van der Waals surface area contributed by atoms with Crippen LogP contribution in [-0.4, -0.2) is 43.1 Å². The van der Waals surface area contributed by atoms with Crippen LogP contribution in [0.5, 0.6) is 0 Å². The van der Waals surface area contributed by atoms with E-state index in [9.17, 15) is 9.59 Å². The Kier molecular flexibility index (Phi) is 6.95. The molecule has 3 heterocycles. The SMILES string of the molecule is CC(C)Nc1nc2c(c(=O)n1-c1ccc(-c3ccnnc3)cc1)CCN(C(=O)c1ccc(Cl)c(Cl)c1)C2. The zero-order chi connectivity index (χ0) is 26.1. The second-order valence-electron chi connectivity index (χ2n) is 9.08. The van der Waals surface area contributed by atoms with Gasteiger partial charge in [0.25, 0.3) is 11.5 Å². The minimum atomic E-state index is -0.185. The van der Waals surface area contributed by atoms with Gasteiger partial charge in [0.05, 0.1) is 40.4 Å². The van der Waals surface area contributed by atoms with Crippen LogP contribution in [0, 0.1) is 0 Å². The fraction of sp³-hybridized carbons (Fsp3) is 0.222. The highest BCUT2D eigenvalue weighted by molar-refractivity contribution is 6.42. The Bertz CT molecular complexity index is 1520. The molecule has 1 aliphatic heterocycles. The van der Waals surface area contributed by atoms with E-state index in [1.165, 1.54) is 0 Å². The zero-order valence-electron chi connectivity index (χ0n) is 20.3. The summed E-state index contributed by atoms with van der Waals surface area (Å²) in [6, 6.07) is 14.4. The van der Waals surface area contributed by atoms with Crippen LogP contribution in [-0.2, 0) is 13.0 Å². The Morgan fingerprint density at radius 2 is 1.78 bits per heavy atom. The molecule has 0 unspecified atom stereocenters. The van der Waals surface area contributed by atoms with Crippen LogP contribution in [0.1, 0.15) is 35.5 Å². The lowest BCUT2D eigenvalue weighted by atomic mass is 10.0. The Balaban J connectivity index is 1.50. The van der Waals surface area contributed by atoms with Crippen molar-refractivity contribution in [3.05, 3.63) is 98.1 Å².